The van der Waals surface area contributed by atoms with E-state index in [1.165, 1.54) is 12.4 Å². The Morgan fingerprint density at radius 3 is 2.41 bits per heavy atom. The molecule has 7 heteroatoms. The van der Waals surface area contributed by atoms with E-state index < -0.39 is 0 Å². The van der Waals surface area contributed by atoms with Crippen LogP contribution < -0.4 is 10.6 Å². The lowest BCUT2D eigenvalue weighted by Gasteiger charge is -2.09. The van der Waals surface area contributed by atoms with Gasteiger partial charge in [0, 0.05) is 24.0 Å². The van der Waals surface area contributed by atoms with Crippen LogP contribution in [0.1, 0.15) is 10.4 Å². The maximum absolute atomic E-state index is 12.3. The molecule has 2 aromatic carbocycles. The Hall–Kier alpha value is -3.51. The number of anilines is 3. The highest BCUT2D eigenvalue weighted by molar-refractivity contribution is 6.33. The molecule has 132 valence electrons. The summed E-state index contributed by atoms with van der Waals surface area (Å²) in [4.78, 5) is 25.2. The normalized spacial score (nSPS) is 10.6. The van der Waals surface area contributed by atoms with Gasteiger partial charge in [-0.2, -0.15) is 0 Å². The summed E-state index contributed by atoms with van der Waals surface area (Å²) in [5.41, 5.74) is 2.48. The summed E-state index contributed by atoms with van der Waals surface area (Å²) >= 11 is 6.06. The van der Waals surface area contributed by atoms with Crippen LogP contribution in [0.4, 0.5) is 17.3 Å². The molecule has 0 fully saturated rings. The van der Waals surface area contributed by atoms with Gasteiger partial charge in [-0.15, -0.1) is 0 Å². The van der Waals surface area contributed by atoms with Crippen molar-refractivity contribution in [1.29, 1.82) is 0 Å². The minimum Gasteiger partial charge on any atom is -0.322 e. The molecule has 2 heterocycles. The van der Waals surface area contributed by atoms with Crippen LogP contribution in [0.15, 0.2) is 73.2 Å². The number of pyridine rings is 1. The van der Waals surface area contributed by atoms with Gasteiger partial charge in [0.15, 0.2) is 0 Å². The molecule has 0 unspecified atom stereocenters. The van der Waals surface area contributed by atoms with E-state index in [2.05, 4.69) is 25.6 Å². The molecule has 0 aliphatic heterocycles. The minimum absolute atomic E-state index is 0.330. The molecular weight excluding hydrogens is 362 g/mol. The van der Waals surface area contributed by atoms with Crippen LogP contribution in [0.2, 0.25) is 5.02 Å². The third kappa shape index (κ3) is 3.70. The first-order chi connectivity index (χ1) is 13.2. The second-order valence-corrected chi connectivity index (χ2v) is 6.14. The zero-order valence-electron chi connectivity index (χ0n) is 14.1. The molecule has 0 radical (unpaired) electrons. The maximum Gasteiger partial charge on any atom is 0.258 e. The minimum atomic E-state index is -0.332. The molecule has 4 rings (SSSR count). The largest absolute Gasteiger partial charge is 0.322 e. The standard InChI is InChI=1S/C20H14ClN5O/c21-15-7-1-2-8-16(15)25-19(27)14-11-23-20(24-12-14)26-17-9-3-5-13-6-4-10-22-18(13)17/h1-12H,(H,25,27)(H,23,24,26). The molecule has 0 aliphatic carbocycles. The van der Waals surface area contributed by atoms with Crippen molar-refractivity contribution >= 4 is 45.7 Å². The van der Waals surface area contributed by atoms with Gasteiger partial charge in [-0.3, -0.25) is 9.78 Å². The first kappa shape index (κ1) is 16.9. The number of hydrogen-bond acceptors (Lipinski definition) is 5. The number of halogens is 1. The number of hydrogen-bond donors (Lipinski definition) is 2. The zero-order chi connectivity index (χ0) is 18.6. The van der Waals surface area contributed by atoms with Gasteiger partial charge in [-0.05, 0) is 24.3 Å². The van der Waals surface area contributed by atoms with Gasteiger partial charge in [0.25, 0.3) is 5.91 Å². The van der Waals surface area contributed by atoms with Gasteiger partial charge in [-0.25, -0.2) is 9.97 Å². The molecular formula is C20H14ClN5O. The monoisotopic (exact) mass is 375 g/mol. The Morgan fingerprint density at radius 1 is 0.852 bits per heavy atom. The number of aromatic nitrogens is 3. The topological polar surface area (TPSA) is 79.8 Å². The fourth-order valence-electron chi connectivity index (χ4n) is 2.59. The van der Waals surface area contributed by atoms with Crippen LogP contribution in [-0.2, 0) is 0 Å². The van der Waals surface area contributed by atoms with E-state index in [9.17, 15) is 4.79 Å². The Kier molecular flexibility index (Phi) is 4.63. The number of para-hydroxylation sites is 2. The molecule has 0 spiro atoms. The molecule has 0 saturated heterocycles. The van der Waals surface area contributed by atoms with Gasteiger partial charge in [0.1, 0.15) is 0 Å². The Bertz CT molecular complexity index is 1110. The van der Waals surface area contributed by atoms with E-state index in [1.54, 1.807) is 30.5 Å². The molecule has 27 heavy (non-hydrogen) atoms. The van der Waals surface area contributed by atoms with Crippen molar-refractivity contribution in [3.63, 3.8) is 0 Å². The van der Waals surface area contributed by atoms with Crippen LogP contribution in [0.25, 0.3) is 10.9 Å². The molecule has 4 aromatic rings. The molecule has 1 amide bonds. The molecule has 2 N–H and O–H groups in total. The third-order valence-corrected chi connectivity index (χ3v) is 4.24. The van der Waals surface area contributed by atoms with E-state index >= 15 is 0 Å². The smallest absolute Gasteiger partial charge is 0.258 e. The van der Waals surface area contributed by atoms with Crippen LogP contribution in [-0.4, -0.2) is 20.9 Å². The number of amides is 1. The van der Waals surface area contributed by atoms with E-state index in [0.717, 1.165) is 16.6 Å². The van der Waals surface area contributed by atoms with Gasteiger partial charge < -0.3 is 10.6 Å². The Morgan fingerprint density at radius 2 is 1.59 bits per heavy atom. The summed E-state index contributed by atoms with van der Waals surface area (Å²) in [6.07, 6.45) is 4.65. The van der Waals surface area contributed by atoms with Crippen LogP contribution in [0, 0.1) is 0 Å². The van der Waals surface area contributed by atoms with Crippen molar-refractivity contribution < 1.29 is 4.79 Å². The highest BCUT2D eigenvalue weighted by atomic mass is 35.5. The number of nitrogens with one attached hydrogen (secondary N) is 2. The highest BCUT2D eigenvalue weighted by Crippen LogP contribution is 2.23. The number of rotatable bonds is 4. The average Bonchev–Trinajstić information content (AvgIpc) is 2.70. The van der Waals surface area contributed by atoms with Gasteiger partial charge in [0.05, 0.1) is 27.5 Å². The van der Waals surface area contributed by atoms with E-state index in [1.807, 2.05) is 30.3 Å². The van der Waals surface area contributed by atoms with Crippen molar-refractivity contribution in [2.75, 3.05) is 10.6 Å². The number of carbonyl (C=O) groups excluding carboxylic acids is 1. The summed E-state index contributed by atoms with van der Waals surface area (Å²) in [6.45, 7) is 0. The van der Waals surface area contributed by atoms with E-state index in [-0.39, 0.29) is 5.91 Å². The Balaban J connectivity index is 1.52. The van der Waals surface area contributed by atoms with Crippen LogP contribution in [0.5, 0.6) is 0 Å². The zero-order valence-corrected chi connectivity index (χ0v) is 14.8. The van der Waals surface area contributed by atoms with E-state index in [0.29, 0.717) is 22.2 Å². The van der Waals surface area contributed by atoms with E-state index in [4.69, 9.17) is 11.6 Å². The van der Waals surface area contributed by atoms with Crippen molar-refractivity contribution in [3.05, 3.63) is 83.8 Å². The summed E-state index contributed by atoms with van der Waals surface area (Å²) in [7, 11) is 0. The lowest BCUT2D eigenvalue weighted by molar-refractivity contribution is 0.102. The van der Waals surface area contributed by atoms with Gasteiger partial charge >= 0.3 is 0 Å². The quantitative estimate of drug-likeness (QED) is 0.541. The second kappa shape index (κ2) is 7.39. The van der Waals surface area contributed by atoms with Crippen LogP contribution in [0.3, 0.4) is 0 Å². The molecule has 0 saturated carbocycles. The first-order valence-electron chi connectivity index (χ1n) is 8.19. The summed E-state index contributed by atoms with van der Waals surface area (Å²) < 4.78 is 0. The van der Waals surface area contributed by atoms with Gasteiger partial charge in [0.2, 0.25) is 5.95 Å². The molecule has 2 aromatic heterocycles. The molecule has 0 bridgehead atoms. The summed E-state index contributed by atoms with van der Waals surface area (Å²) in [6, 6.07) is 16.7. The van der Waals surface area contributed by atoms with Crippen molar-refractivity contribution in [2.45, 2.75) is 0 Å². The lowest BCUT2D eigenvalue weighted by Crippen LogP contribution is -2.13. The Labute approximate surface area is 160 Å². The highest BCUT2D eigenvalue weighted by Gasteiger charge is 2.10. The second-order valence-electron chi connectivity index (χ2n) is 5.74. The number of fused-ring (bicyclic) bond motifs is 1. The molecule has 0 atom stereocenters. The lowest BCUT2D eigenvalue weighted by atomic mass is 10.2. The average molecular weight is 376 g/mol. The van der Waals surface area contributed by atoms with Crippen molar-refractivity contribution in [2.24, 2.45) is 0 Å². The number of carbonyl (C=O) groups is 1. The van der Waals surface area contributed by atoms with Crippen LogP contribution >= 0.6 is 11.6 Å². The summed E-state index contributed by atoms with van der Waals surface area (Å²) in [5.74, 6) is 0.0453. The predicted octanol–water partition coefficient (Wildman–Crippen LogP) is 4.67. The SMILES string of the molecule is O=C(Nc1ccccc1Cl)c1cnc(Nc2cccc3cccnc23)nc1. The predicted molar refractivity (Wildman–Crippen MR) is 106 cm³/mol. The first-order valence-corrected chi connectivity index (χ1v) is 8.57. The fourth-order valence-corrected chi connectivity index (χ4v) is 2.78. The summed E-state index contributed by atoms with van der Waals surface area (Å²) in [5, 5.41) is 7.35. The molecule has 6 nitrogen and oxygen atoms in total. The molecule has 0 aliphatic rings. The fraction of sp³-hybridized carbons (Fsp3) is 0. The number of benzene rings is 2. The van der Waals surface area contributed by atoms with Crippen molar-refractivity contribution in [3.8, 4) is 0 Å². The number of nitrogens with zero attached hydrogens (tertiary/aromatic N) is 3. The van der Waals surface area contributed by atoms with Gasteiger partial charge in [-0.1, -0.05) is 41.9 Å². The maximum atomic E-state index is 12.3. The van der Waals surface area contributed by atoms with Crippen molar-refractivity contribution in [1.82, 2.24) is 15.0 Å². The third-order valence-electron chi connectivity index (χ3n) is 3.92.